The molecule has 1 atom stereocenters. The Hall–Kier alpha value is -3.16. The Kier molecular flexibility index (Phi) is 5.30. The van der Waals surface area contributed by atoms with Crippen LogP contribution in [0.5, 0.6) is 0 Å². The highest BCUT2D eigenvalue weighted by Crippen LogP contribution is 2.48. The van der Waals surface area contributed by atoms with Crippen molar-refractivity contribution >= 4 is 28.9 Å². The van der Waals surface area contributed by atoms with Crippen molar-refractivity contribution in [3.63, 3.8) is 0 Å². The van der Waals surface area contributed by atoms with Crippen molar-refractivity contribution in [3.05, 3.63) is 71.8 Å². The molecule has 6 nitrogen and oxygen atoms in total. The number of hydrogen-bond acceptors (Lipinski definition) is 7. The van der Waals surface area contributed by atoms with Gasteiger partial charge in [0.1, 0.15) is 40.8 Å². The van der Waals surface area contributed by atoms with Crippen LogP contribution in [0, 0.1) is 23.3 Å². The van der Waals surface area contributed by atoms with Crippen LogP contribution in [0.2, 0.25) is 0 Å². The molecule has 2 aliphatic rings. The number of nitrogens with zero attached hydrogens (tertiary/aromatic N) is 3. The summed E-state index contributed by atoms with van der Waals surface area (Å²) >= 11 is 0.909. The second-order valence-electron chi connectivity index (χ2n) is 7.56. The van der Waals surface area contributed by atoms with Gasteiger partial charge in [-0.25, -0.2) is 22.3 Å². The summed E-state index contributed by atoms with van der Waals surface area (Å²) in [6.07, 6.45) is 1.07. The zero-order valence-corrected chi connectivity index (χ0v) is 18.1. The molecule has 5 rings (SSSR count). The first-order valence-electron chi connectivity index (χ1n) is 9.81. The molecule has 2 aromatic carbocycles. The molecular weight excluding hydrogens is 484 g/mol. The lowest BCUT2D eigenvalue weighted by atomic mass is 9.99. The van der Waals surface area contributed by atoms with Crippen molar-refractivity contribution in [2.45, 2.75) is 12.0 Å². The van der Waals surface area contributed by atoms with Crippen molar-refractivity contribution in [2.24, 2.45) is 0 Å². The van der Waals surface area contributed by atoms with E-state index < -0.39 is 46.4 Å². The van der Waals surface area contributed by atoms with Crippen LogP contribution in [-0.4, -0.2) is 35.6 Å². The maximum Gasteiger partial charge on any atom is 0.306 e. The maximum atomic E-state index is 15.0. The van der Waals surface area contributed by atoms with Gasteiger partial charge in [0.15, 0.2) is 11.4 Å². The molecule has 1 aromatic heterocycles. The van der Waals surface area contributed by atoms with E-state index in [2.05, 4.69) is 21.2 Å². The summed E-state index contributed by atoms with van der Waals surface area (Å²) in [6, 6.07) is 1.68. The highest BCUT2D eigenvalue weighted by atomic mass is 32.2. The van der Waals surface area contributed by atoms with Crippen LogP contribution in [0.1, 0.15) is 0 Å². The van der Waals surface area contributed by atoms with Crippen LogP contribution >= 0.6 is 12.1 Å². The fourth-order valence-electron chi connectivity index (χ4n) is 4.09. The summed E-state index contributed by atoms with van der Waals surface area (Å²) in [4.78, 5) is 2.39. The lowest BCUT2D eigenvalue weighted by Gasteiger charge is -2.22. The Labute approximate surface area is 193 Å². The zero-order chi connectivity index (χ0) is 24.4. The van der Waals surface area contributed by atoms with E-state index in [9.17, 15) is 17.6 Å². The maximum absolute atomic E-state index is 15.0. The van der Waals surface area contributed by atoms with Gasteiger partial charge >= 0.3 is 5.92 Å². The number of benzene rings is 2. The average molecular weight is 499 g/mol. The molecule has 0 amide bonds. The number of aromatic nitrogens is 1. The van der Waals surface area contributed by atoms with Crippen LogP contribution in [0.4, 0.5) is 32.2 Å². The van der Waals surface area contributed by atoms with E-state index in [4.69, 9.17) is 4.52 Å². The molecule has 1 fully saturated rings. The van der Waals surface area contributed by atoms with Crippen LogP contribution in [0.3, 0.4) is 0 Å². The van der Waals surface area contributed by atoms with Gasteiger partial charge in [0, 0.05) is 42.6 Å². The second kappa shape index (κ2) is 7.96. The Morgan fingerprint density at radius 2 is 1.82 bits per heavy atom. The van der Waals surface area contributed by atoms with Crippen molar-refractivity contribution in [3.8, 4) is 11.1 Å². The minimum Gasteiger partial charge on any atom is -0.354 e. The topological polar surface area (TPSA) is 56.6 Å². The van der Waals surface area contributed by atoms with Gasteiger partial charge in [-0.15, -0.1) is 0 Å². The average Bonchev–Trinajstić information content (AvgIpc) is 3.40. The monoisotopic (exact) mass is 499 g/mol. The predicted molar refractivity (Wildman–Crippen MR) is 114 cm³/mol. The summed E-state index contributed by atoms with van der Waals surface area (Å²) in [5.74, 6) is -8.38. The van der Waals surface area contributed by atoms with Gasteiger partial charge in [0.2, 0.25) is 0 Å². The minimum atomic E-state index is -3.30. The van der Waals surface area contributed by atoms with Crippen LogP contribution in [0.15, 0.2) is 53.1 Å². The van der Waals surface area contributed by atoms with Gasteiger partial charge in [-0.05, 0) is 19.2 Å². The molecule has 178 valence electrons. The number of nitrogens with one attached hydrogen (secondary N) is 2. The van der Waals surface area contributed by atoms with Gasteiger partial charge in [0.05, 0.1) is 10.9 Å². The SMILES string of the molecule is C=C1N2C[C@@H](NSNC)C(F)(F)C2=CN1c1noc2ccc(F)c(-c3c(F)cc(F)cc3F)c12. The predicted octanol–water partition coefficient (Wildman–Crippen LogP) is 4.88. The van der Waals surface area contributed by atoms with E-state index in [-0.39, 0.29) is 34.8 Å². The number of hydrogen-bond donors (Lipinski definition) is 2. The van der Waals surface area contributed by atoms with E-state index in [1.54, 1.807) is 7.05 Å². The number of anilines is 1. The molecule has 0 unspecified atom stereocenters. The molecule has 34 heavy (non-hydrogen) atoms. The highest BCUT2D eigenvalue weighted by molar-refractivity contribution is 7.95. The third-order valence-corrected chi connectivity index (χ3v) is 6.24. The molecule has 2 aliphatic heterocycles. The molecule has 2 N–H and O–H groups in total. The Balaban J connectivity index is 1.66. The number of fused-ring (bicyclic) bond motifs is 2. The van der Waals surface area contributed by atoms with E-state index in [1.165, 1.54) is 11.0 Å². The van der Waals surface area contributed by atoms with Crippen molar-refractivity contribution < 1.29 is 30.9 Å². The number of alkyl halides is 2. The lowest BCUT2D eigenvalue weighted by molar-refractivity contribution is 0.0274. The third-order valence-electron chi connectivity index (χ3n) is 5.63. The quantitative estimate of drug-likeness (QED) is 0.384. The molecule has 3 heterocycles. The van der Waals surface area contributed by atoms with Crippen molar-refractivity contribution in [1.82, 2.24) is 19.5 Å². The van der Waals surface area contributed by atoms with E-state index in [1.807, 2.05) is 0 Å². The first-order chi connectivity index (χ1) is 16.1. The number of halogens is 6. The summed E-state index contributed by atoms with van der Waals surface area (Å²) in [5, 5.41) is 3.65. The van der Waals surface area contributed by atoms with E-state index in [0.717, 1.165) is 29.3 Å². The highest BCUT2D eigenvalue weighted by Gasteiger charge is 2.56. The van der Waals surface area contributed by atoms with Crippen molar-refractivity contribution in [2.75, 3.05) is 18.5 Å². The largest absolute Gasteiger partial charge is 0.354 e. The second-order valence-corrected chi connectivity index (χ2v) is 8.40. The number of rotatable bonds is 5. The van der Waals surface area contributed by atoms with Crippen LogP contribution in [0.25, 0.3) is 22.1 Å². The van der Waals surface area contributed by atoms with Crippen LogP contribution in [-0.2, 0) is 0 Å². The molecular formula is C21H15F6N5OS. The minimum absolute atomic E-state index is 0.0545. The molecule has 0 saturated carbocycles. The Morgan fingerprint density at radius 1 is 1.12 bits per heavy atom. The standard InChI is InChI=1S/C21H15F6N5OS/c1-9-31-7-15(30-34-28-2)21(26,27)16(31)8-32(9)20-19-14(33-29-20)4-3-11(23)18(19)17-12(24)5-10(22)6-13(17)25/h3-6,8,15,28,30H,1,7H2,2H3/t15-/m1/s1. The van der Waals surface area contributed by atoms with Gasteiger partial charge in [-0.3, -0.25) is 9.62 Å². The lowest BCUT2D eigenvalue weighted by Crippen LogP contribution is -2.41. The summed E-state index contributed by atoms with van der Waals surface area (Å²) < 4.78 is 98.0. The van der Waals surface area contributed by atoms with Gasteiger partial charge in [-0.1, -0.05) is 11.7 Å². The Morgan fingerprint density at radius 3 is 2.47 bits per heavy atom. The fraction of sp³-hybridized carbons (Fsp3) is 0.190. The van der Waals surface area contributed by atoms with Gasteiger partial charge < -0.3 is 9.42 Å². The molecule has 1 saturated heterocycles. The first-order valence-corrected chi connectivity index (χ1v) is 10.6. The smallest absolute Gasteiger partial charge is 0.306 e. The summed E-state index contributed by atoms with van der Waals surface area (Å²) in [6.45, 7) is 3.70. The van der Waals surface area contributed by atoms with E-state index >= 15 is 8.78 Å². The van der Waals surface area contributed by atoms with Crippen molar-refractivity contribution in [1.29, 1.82) is 0 Å². The van der Waals surface area contributed by atoms with Gasteiger partial charge in [0.25, 0.3) is 0 Å². The Bertz CT molecular complexity index is 1340. The fourth-order valence-corrected chi connectivity index (χ4v) is 4.57. The van der Waals surface area contributed by atoms with Gasteiger partial charge in [-0.2, -0.15) is 8.78 Å². The normalized spacial score (nSPS) is 19.3. The summed E-state index contributed by atoms with van der Waals surface area (Å²) in [7, 11) is 1.57. The summed E-state index contributed by atoms with van der Waals surface area (Å²) in [5.41, 5.74) is -1.88. The first kappa shape index (κ1) is 22.6. The molecule has 0 aliphatic carbocycles. The molecule has 0 radical (unpaired) electrons. The van der Waals surface area contributed by atoms with E-state index in [0.29, 0.717) is 12.1 Å². The molecule has 13 heteroatoms. The molecule has 3 aromatic rings. The molecule has 0 spiro atoms. The zero-order valence-electron chi connectivity index (χ0n) is 17.3. The third kappa shape index (κ3) is 3.26. The molecule has 0 bridgehead atoms. The van der Waals surface area contributed by atoms with Crippen LogP contribution < -0.4 is 14.3 Å².